The minimum Gasteiger partial charge on any atom is -0.376 e. The molecule has 220 valence electrons. The van der Waals surface area contributed by atoms with Gasteiger partial charge in [0.15, 0.2) is 0 Å². The summed E-state index contributed by atoms with van der Waals surface area (Å²) in [6.07, 6.45) is 0.326. The number of ketones is 1. The molecule has 0 N–H and O–H groups in total. The van der Waals surface area contributed by atoms with E-state index in [1.54, 1.807) is 0 Å². The number of halogens is 8. The monoisotopic (exact) mass is 614 g/mol. The van der Waals surface area contributed by atoms with Gasteiger partial charge >= 0.3 is 31.3 Å². The zero-order valence-electron chi connectivity index (χ0n) is 20.1. The summed E-state index contributed by atoms with van der Waals surface area (Å²) in [7, 11) is -11.4. The van der Waals surface area contributed by atoms with Crippen molar-refractivity contribution in [3.63, 3.8) is 0 Å². The number of hydrogen-bond donors (Lipinski definition) is 0. The van der Waals surface area contributed by atoms with Crippen molar-refractivity contribution < 1.29 is 65.1 Å². The van der Waals surface area contributed by atoms with E-state index in [9.17, 15) is 56.8 Å². The summed E-state index contributed by atoms with van der Waals surface area (Å²) in [6.45, 7) is 2.17. The van der Waals surface area contributed by atoms with Gasteiger partial charge in [0.1, 0.15) is 17.3 Å². The third-order valence-corrected chi connectivity index (χ3v) is 6.40. The van der Waals surface area contributed by atoms with E-state index < -0.39 is 55.1 Å². The van der Waals surface area contributed by atoms with Gasteiger partial charge in [0.2, 0.25) is 5.92 Å². The lowest BCUT2D eigenvalue weighted by molar-refractivity contribution is -0.117. The van der Waals surface area contributed by atoms with Crippen LogP contribution < -0.4 is 8.37 Å². The van der Waals surface area contributed by atoms with E-state index >= 15 is 0 Å². The Labute approximate surface area is 219 Å². The minimum absolute atomic E-state index is 0.00972. The molecule has 17 heteroatoms. The van der Waals surface area contributed by atoms with E-state index in [1.807, 2.05) is 0 Å². The van der Waals surface area contributed by atoms with Gasteiger partial charge in [-0.2, -0.15) is 43.2 Å². The van der Waals surface area contributed by atoms with Crippen LogP contribution in [0.1, 0.15) is 37.8 Å². The first-order valence-electron chi connectivity index (χ1n) is 10.6. The maximum Gasteiger partial charge on any atom is 0.534 e. The van der Waals surface area contributed by atoms with Crippen molar-refractivity contribution in [2.45, 2.75) is 56.5 Å². The number of rotatable bonds is 10. The molecule has 2 aromatic rings. The van der Waals surface area contributed by atoms with Crippen LogP contribution in [0.4, 0.5) is 35.1 Å². The second-order valence-corrected chi connectivity index (χ2v) is 11.1. The molecule has 0 aromatic heterocycles. The molecule has 0 spiro atoms. The van der Waals surface area contributed by atoms with Gasteiger partial charge in [-0.25, -0.2) is 8.78 Å². The summed E-state index contributed by atoms with van der Waals surface area (Å²) in [4.78, 5) is 10.8. The highest BCUT2D eigenvalue weighted by atomic mass is 32.2. The molecule has 0 fully saturated rings. The Bertz CT molecular complexity index is 1300. The van der Waals surface area contributed by atoms with Gasteiger partial charge in [-0.05, 0) is 62.1 Å². The number of carbonyl (C=O) groups is 1. The van der Waals surface area contributed by atoms with E-state index in [1.165, 1.54) is 31.2 Å². The topological polar surface area (TPSA) is 104 Å². The van der Waals surface area contributed by atoms with Gasteiger partial charge in [0, 0.05) is 12.8 Å². The Morgan fingerprint density at radius 1 is 0.667 bits per heavy atom. The molecule has 0 aliphatic rings. The fourth-order valence-corrected chi connectivity index (χ4v) is 3.37. The van der Waals surface area contributed by atoms with E-state index in [-0.39, 0.29) is 12.2 Å². The number of Topliss-reactive ketones (excluding diaryl/α,β-unsaturated/α-hetero) is 1. The average molecular weight is 615 g/mol. The molecule has 0 aliphatic heterocycles. The van der Waals surface area contributed by atoms with Crippen LogP contribution in [0.15, 0.2) is 48.5 Å². The summed E-state index contributed by atoms with van der Waals surface area (Å²) < 4.78 is 148. The number of hydrogen-bond acceptors (Lipinski definition) is 7. The van der Waals surface area contributed by atoms with Crippen LogP contribution in [-0.2, 0) is 37.9 Å². The smallest absolute Gasteiger partial charge is 0.376 e. The highest BCUT2D eigenvalue weighted by molar-refractivity contribution is 7.88. The lowest BCUT2D eigenvalue weighted by Crippen LogP contribution is -2.28. The normalized spacial score (nSPS) is 12.8. The third kappa shape index (κ3) is 12.2. The number of benzene rings is 2. The minimum atomic E-state index is -5.72. The SMILES string of the molecule is CC(=O)CCc1ccc(OS(=O)(=O)C(F)(F)F)cc1.CC(F)(F)CCc1ccc(OS(=O)(=O)C(F)(F)F)cc1. The molecule has 0 bridgehead atoms. The quantitative estimate of drug-likeness (QED) is 0.185. The number of aryl methyl sites for hydroxylation is 2. The highest BCUT2D eigenvalue weighted by Gasteiger charge is 2.49. The molecule has 0 atom stereocenters. The van der Waals surface area contributed by atoms with Crippen LogP contribution in [0.3, 0.4) is 0 Å². The zero-order chi connectivity index (χ0) is 30.3. The molecular formula is C22H22F8O7S2. The largest absolute Gasteiger partial charge is 0.534 e. The Balaban J connectivity index is 0.000000391. The van der Waals surface area contributed by atoms with E-state index in [2.05, 4.69) is 8.37 Å². The van der Waals surface area contributed by atoms with Crippen LogP contribution in [-0.4, -0.2) is 39.6 Å². The molecule has 0 radical (unpaired) electrons. The van der Waals surface area contributed by atoms with Gasteiger partial charge in [0.25, 0.3) is 0 Å². The molecule has 39 heavy (non-hydrogen) atoms. The van der Waals surface area contributed by atoms with Crippen molar-refractivity contribution in [1.82, 2.24) is 0 Å². The summed E-state index contributed by atoms with van der Waals surface area (Å²) in [6, 6.07) is 9.45. The van der Waals surface area contributed by atoms with Crippen LogP contribution in [0.5, 0.6) is 11.5 Å². The van der Waals surface area contributed by atoms with E-state index in [4.69, 9.17) is 0 Å². The molecule has 0 unspecified atom stereocenters. The van der Waals surface area contributed by atoms with Crippen LogP contribution in [0.2, 0.25) is 0 Å². The predicted molar refractivity (Wildman–Crippen MR) is 122 cm³/mol. The van der Waals surface area contributed by atoms with Crippen molar-refractivity contribution in [3.05, 3.63) is 59.7 Å². The first kappa shape index (κ1) is 34.1. The number of alkyl halides is 8. The summed E-state index contributed by atoms with van der Waals surface area (Å²) in [5, 5.41) is 0. The third-order valence-electron chi connectivity index (χ3n) is 4.44. The van der Waals surface area contributed by atoms with Crippen molar-refractivity contribution in [3.8, 4) is 11.5 Å². The van der Waals surface area contributed by atoms with Gasteiger partial charge < -0.3 is 13.2 Å². The first-order valence-corrected chi connectivity index (χ1v) is 13.4. The first-order chi connectivity index (χ1) is 17.5. The molecule has 0 heterocycles. The Kier molecular flexibility index (Phi) is 11.3. The molecule has 7 nitrogen and oxygen atoms in total. The maximum atomic E-state index is 12.6. The zero-order valence-corrected chi connectivity index (χ0v) is 21.8. The Morgan fingerprint density at radius 2 is 1.00 bits per heavy atom. The molecule has 2 aromatic carbocycles. The van der Waals surface area contributed by atoms with Crippen molar-refractivity contribution in [1.29, 1.82) is 0 Å². The second kappa shape index (κ2) is 12.9. The molecule has 0 saturated heterocycles. The standard InChI is InChI=1S/C11H11F5O3S.C11H11F3O4S/c1-10(12,13)7-6-8-2-4-9(5-3-8)19-20(17,18)11(14,15)16;1-8(15)2-3-9-4-6-10(7-5-9)18-19(16,17)11(12,13)14/h2-5H,6-7H2,1H3;4-7H,2-3H2,1H3. The van der Waals surface area contributed by atoms with Crippen molar-refractivity contribution >= 4 is 26.0 Å². The molecule has 0 amide bonds. The average Bonchev–Trinajstić information content (AvgIpc) is 2.76. The van der Waals surface area contributed by atoms with Gasteiger partial charge in [-0.1, -0.05) is 24.3 Å². The van der Waals surface area contributed by atoms with Crippen molar-refractivity contribution in [2.24, 2.45) is 0 Å². The Morgan fingerprint density at radius 3 is 1.28 bits per heavy atom. The summed E-state index contributed by atoms with van der Waals surface area (Å²) >= 11 is 0. The fraction of sp³-hybridized carbons (Fsp3) is 0.409. The van der Waals surface area contributed by atoms with Crippen LogP contribution in [0, 0.1) is 0 Å². The number of carbonyl (C=O) groups excluding carboxylic acids is 1. The fourth-order valence-electron chi connectivity index (χ4n) is 2.46. The second-order valence-electron chi connectivity index (χ2n) is 8.03. The lowest BCUT2D eigenvalue weighted by atomic mass is 10.1. The lowest BCUT2D eigenvalue weighted by Gasteiger charge is -2.11. The molecule has 2 rings (SSSR count). The maximum absolute atomic E-state index is 12.6. The Hall–Kier alpha value is -2.95. The van der Waals surface area contributed by atoms with E-state index in [0.29, 0.717) is 24.0 Å². The summed E-state index contributed by atoms with van der Waals surface area (Å²) in [5.74, 6) is -3.83. The van der Waals surface area contributed by atoms with Crippen molar-refractivity contribution in [2.75, 3.05) is 0 Å². The molecule has 0 aliphatic carbocycles. The van der Waals surface area contributed by atoms with Gasteiger partial charge in [0.05, 0.1) is 0 Å². The molecular weight excluding hydrogens is 592 g/mol. The predicted octanol–water partition coefficient (Wildman–Crippen LogP) is 5.94. The summed E-state index contributed by atoms with van der Waals surface area (Å²) in [5.41, 5.74) is -9.84. The van der Waals surface area contributed by atoms with Crippen LogP contribution in [0.25, 0.3) is 0 Å². The van der Waals surface area contributed by atoms with Gasteiger partial charge in [-0.3, -0.25) is 0 Å². The van der Waals surface area contributed by atoms with Crippen LogP contribution >= 0.6 is 0 Å². The highest BCUT2D eigenvalue weighted by Crippen LogP contribution is 2.28. The van der Waals surface area contributed by atoms with Gasteiger partial charge in [-0.15, -0.1) is 0 Å². The molecule has 0 saturated carbocycles. The van der Waals surface area contributed by atoms with E-state index in [0.717, 1.165) is 31.2 Å².